The molecule has 0 aromatic carbocycles. The Hall–Kier alpha value is -1.10. The number of hydrazone groups is 1. The molecule has 0 spiro atoms. The second-order valence-electron chi connectivity index (χ2n) is 3.85. The van der Waals surface area contributed by atoms with Gasteiger partial charge >= 0.3 is 0 Å². The summed E-state index contributed by atoms with van der Waals surface area (Å²) in [5.74, 6) is 0.937. The van der Waals surface area contributed by atoms with Crippen LogP contribution in [0.4, 0.5) is 0 Å². The van der Waals surface area contributed by atoms with Crippen molar-refractivity contribution in [3.8, 4) is 0 Å². The molecule has 0 saturated carbocycles. The highest BCUT2D eigenvalue weighted by molar-refractivity contribution is 5.86. The van der Waals surface area contributed by atoms with Gasteiger partial charge in [-0.2, -0.15) is 5.10 Å². The summed E-state index contributed by atoms with van der Waals surface area (Å²) in [6.45, 7) is 6.86. The van der Waals surface area contributed by atoms with Crippen LogP contribution in [0.25, 0.3) is 0 Å². The van der Waals surface area contributed by atoms with Crippen LogP contribution < -0.4 is 5.32 Å². The zero-order chi connectivity index (χ0) is 11.8. The van der Waals surface area contributed by atoms with Crippen molar-refractivity contribution in [2.45, 2.75) is 26.8 Å². The Bertz CT molecular complexity index is 220. The molecule has 0 unspecified atom stereocenters. The Labute approximate surface area is 92.9 Å². The molecule has 15 heavy (non-hydrogen) atoms. The molecule has 0 atom stereocenters. The van der Waals surface area contributed by atoms with Crippen molar-refractivity contribution < 1.29 is 0 Å². The first-order valence-corrected chi connectivity index (χ1v) is 5.14. The van der Waals surface area contributed by atoms with Crippen molar-refractivity contribution in [1.82, 2.24) is 15.2 Å². The van der Waals surface area contributed by atoms with Crippen molar-refractivity contribution in [2.24, 2.45) is 10.1 Å². The van der Waals surface area contributed by atoms with Crippen LogP contribution in [0.1, 0.15) is 20.8 Å². The van der Waals surface area contributed by atoms with Gasteiger partial charge in [0.2, 0.25) is 0 Å². The number of amidine groups is 1. The van der Waals surface area contributed by atoms with E-state index in [1.54, 1.807) is 6.34 Å². The minimum Gasteiger partial charge on any atom is -0.366 e. The van der Waals surface area contributed by atoms with Crippen LogP contribution in [0.5, 0.6) is 0 Å². The predicted octanol–water partition coefficient (Wildman–Crippen LogP) is 0.797. The van der Waals surface area contributed by atoms with E-state index in [0.717, 1.165) is 12.5 Å². The van der Waals surface area contributed by atoms with Crippen molar-refractivity contribution in [3.05, 3.63) is 0 Å². The molecule has 0 fully saturated rings. The van der Waals surface area contributed by atoms with E-state index in [1.807, 2.05) is 38.0 Å². The molecule has 0 amide bonds. The quantitative estimate of drug-likeness (QED) is 0.318. The monoisotopic (exact) mass is 213 g/mol. The normalized spacial score (nSPS) is 12.6. The highest BCUT2D eigenvalue weighted by Gasteiger charge is 2.02. The second kappa shape index (κ2) is 7.23. The van der Waals surface area contributed by atoms with E-state index < -0.39 is 0 Å². The maximum Gasteiger partial charge on any atom is 0.137 e. The number of aliphatic imine (C=N–C) groups is 1. The van der Waals surface area contributed by atoms with Crippen LogP contribution in [0.2, 0.25) is 0 Å². The van der Waals surface area contributed by atoms with Crippen LogP contribution in [0.15, 0.2) is 10.1 Å². The third kappa shape index (κ3) is 6.06. The summed E-state index contributed by atoms with van der Waals surface area (Å²) in [5, 5.41) is 9.27. The van der Waals surface area contributed by atoms with Crippen LogP contribution in [0.3, 0.4) is 0 Å². The summed E-state index contributed by atoms with van der Waals surface area (Å²) in [6, 6.07) is 0.364. The molecule has 0 aromatic rings. The predicted molar refractivity (Wildman–Crippen MR) is 66.2 cm³/mol. The standard InChI is InChI=1S/C10H23N5/c1-9(2)15(8-11-4)13-7-12-10(3)14(5)6/h7,9,11H,8H2,1-6H3/b12-10+,13-7-. The fraction of sp³-hybridized carbons (Fsp3) is 0.800. The van der Waals surface area contributed by atoms with Gasteiger partial charge in [0.15, 0.2) is 0 Å². The molecule has 0 aliphatic rings. The number of nitrogens with zero attached hydrogens (tertiary/aromatic N) is 4. The van der Waals surface area contributed by atoms with Gasteiger partial charge in [0.1, 0.15) is 12.2 Å². The Morgan fingerprint density at radius 2 is 2.00 bits per heavy atom. The molecule has 0 saturated heterocycles. The fourth-order valence-corrected chi connectivity index (χ4v) is 0.810. The van der Waals surface area contributed by atoms with Gasteiger partial charge in [0.25, 0.3) is 0 Å². The average Bonchev–Trinajstić information content (AvgIpc) is 2.15. The number of rotatable bonds is 5. The Morgan fingerprint density at radius 3 is 2.40 bits per heavy atom. The zero-order valence-corrected chi connectivity index (χ0v) is 10.7. The van der Waals surface area contributed by atoms with Gasteiger partial charge in [-0.15, -0.1) is 0 Å². The zero-order valence-electron chi connectivity index (χ0n) is 10.7. The van der Waals surface area contributed by atoms with Gasteiger partial charge in [-0.25, -0.2) is 4.99 Å². The molecule has 0 bridgehead atoms. The maximum atomic E-state index is 4.27. The average molecular weight is 213 g/mol. The van der Waals surface area contributed by atoms with Gasteiger partial charge in [-0.05, 0) is 27.8 Å². The lowest BCUT2D eigenvalue weighted by atomic mass is 10.4. The van der Waals surface area contributed by atoms with E-state index in [9.17, 15) is 0 Å². The summed E-state index contributed by atoms with van der Waals surface area (Å²) >= 11 is 0. The third-order valence-corrected chi connectivity index (χ3v) is 2.01. The Balaban J connectivity index is 4.28. The molecule has 5 nitrogen and oxygen atoms in total. The summed E-state index contributed by atoms with van der Waals surface area (Å²) in [4.78, 5) is 6.16. The second-order valence-corrected chi connectivity index (χ2v) is 3.85. The molecule has 0 heterocycles. The smallest absolute Gasteiger partial charge is 0.137 e. The Kier molecular flexibility index (Phi) is 6.70. The van der Waals surface area contributed by atoms with E-state index >= 15 is 0 Å². The highest BCUT2D eigenvalue weighted by Crippen LogP contribution is 1.95. The molecule has 0 radical (unpaired) electrons. The summed E-state index contributed by atoms with van der Waals surface area (Å²) in [6.07, 6.45) is 1.59. The number of hydrogen-bond donors (Lipinski definition) is 1. The molecule has 1 N–H and O–H groups in total. The lowest BCUT2D eigenvalue weighted by molar-refractivity contribution is 0.221. The maximum absolute atomic E-state index is 4.27. The van der Waals surface area contributed by atoms with Crippen LogP contribution in [-0.2, 0) is 0 Å². The first-order chi connectivity index (χ1) is 6.99. The van der Waals surface area contributed by atoms with Gasteiger partial charge in [0, 0.05) is 20.1 Å². The van der Waals surface area contributed by atoms with Gasteiger partial charge in [0.05, 0.1) is 6.67 Å². The number of nitrogens with one attached hydrogen (secondary N) is 1. The van der Waals surface area contributed by atoms with E-state index in [1.165, 1.54) is 0 Å². The first-order valence-electron chi connectivity index (χ1n) is 5.14. The fourth-order valence-electron chi connectivity index (χ4n) is 0.810. The molecule has 0 aromatic heterocycles. The third-order valence-electron chi connectivity index (χ3n) is 2.01. The van der Waals surface area contributed by atoms with Gasteiger partial charge in [-0.3, -0.25) is 5.01 Å². The molecule has 0 rings (SSSR count). The lowest BCUT2D eigenvalue weighted by Crippen LogP contribution is -2.33. The Morgan fingerprint density at radius 1 is 1.40 bits per heavy atom. The SMILES string of the molecule is CNCN(/N=C\N=C(/C)N(C)C)C(C)C. The van der Waals surface area contributed by atoms with E-state index in [-0.39, 0.29) is 0 Å². The topological polar surface area (TPSA) is 43.2 Å². The van der Waals surface area contributed by atoms with Crippen molar-refractivity contribution in [1.29, 1.82) is 0 Å². The lowest BCUT2D eigenvalue weighted by Gasteiger charge is -2.22. The molecule has 88 valence electrons. The highest BCUT2D eigenvalue weighted by atomic mass is 15.5. The molecular formula is C10H23N5. The summed E-state index contributed by atoms with van der Waals surface area (Å²) < 4.78 is 0. The molecular weight excluding hydrogens is 190 g/mol. The van der Waals surface area contributed by atoms with Crippen molar-refractivity contribution in [2.75, 3.05) is 27.8 Å². The minimum absolute atomic E-state index is 0.364. The molecule has 5 heteroatoms. The van der Waals surface area contributed by atoms with Crippen LogP contribution in [0, 0.1) is 0 Å². The van der Waals surface area contributed by atoms with Gasteiger partial charge in [-0.1, -0.05) is 0 Å². The van der Waals surface area contributed by atoms with E-state index in [0.29, 0.717) is 6.04 Å². The largest absolute Gasteiger partial charge is 0.366 e. The van der Waals surface area contributed by atoms with Crippen LogP contribution in [-0.4, -0.2) is 55.9 Å². The number of hydrogen-bond acceptors (Lipinski definition) is 3. The van der Waals surface area contributed by atoms with Gasteiger partial charge < -0.3 is 10.2 Å². The van der Waals surface area contributed by atoms with Crippen molar-refractivity contribution >= 4 is 12.2 Å². The van der Waals surface area contributed by atoms with Crippen LogP contribution >= 0.6 is 0 Å². The first kappa shape index (κ1) is 13.9. The molecule has 0 aliphatic carbocycles. The summed E-state index contributed by atoms with van der Waals surface area (Å²) in [7, 11) is 5.82. The summed E-state index contributed by atoms with van der Waals surface area (Å²) in [5.41, 5.74) is 0. The van der Waals surface area contributed by atoms with E-state index in [4.69, 9.17) is 0 Å². The van der Waals surface area contributed by atoms with Crippen molar-refractivity contribution in [3.63, 3.8) is 0 Å². The van der Waals surface area contributed by atoms with E-state index in [2.05, 4.69) is 29.3 Å². The minimum atomic E-state index is 0.364. The molecule has 0 aliphatic heterocycles.